The van der Waals surface area contributed by atoms with Gasteiger partial charge < -0.3 is 10.2 Å². The van der Waals surface area contributed by atoms with Crippen molar-refractivity contribution in [2.24, 2.45) is 10.4 Å². The van der Waals surface area contributed by atoms with E-state index in [-0.39, 0.29) is 12.0 Å². The highest BCUT2D eigenvalue weighted by Crippen LogP contribution is 2.38. The minimum atomic E-state index is -1.24. The number of nitrogens with zero attached hydrogens (tertiary/aromatic N) is 1. The quantitative estimate of drug-likeness (QED) is 0.656. The minimum absolute atomic E-state index is 0.0408. The largest absolute Gasteiger partial charge is 0.481 e. The predicted octanol–water partition coefficient (Wildman–Crippen LogP) is 2.54. The molecule has 2 N–H and O–H groups in total. The Bertz CT molecular complexity index is 738. The molecule has 2 rings (SSSR count). The van der Waals surface area contributed by atoms with Crippen molar-refractivity contribution >= 4 is 29.3 Å². The van der Waals surface area contributed by atoms with Crippen LogP contribution in [0.25, 0.3) is 5.57 Å². The molecule has 1 atom stereocenters. The average molecular weight is 299 g/mol. The Balaban J connectivity index is 2.47. The van der Waals surface area contributed by atoms with Crippen LogP contribution in [0.4, 0.5) is 5.69 Å². The molecule has 1 unspecified atom stereocenters. The monoisotopic (exact) mass is 299 g/mol. The lowest BCUT2D eigenvalue weighted by Crippen LogP contribution is -2.29. The summed E-state index contributed by atoms with van der Waals surface area (Å²) in [5.74, 6) is -2.22. The molecule has 0 amide bonds. The number of isocyanates is 1. The third kappa shape index (κ3) is 2.87. The van der Waals surface area contributed by atoms with Crippen LogP contribution < -0.4 is 0 Å². The molecule has 0 saturated heterocycles. The molecule has 6 heteroatoms. The normalized spacial score (nSPS) is 20.4. The second kappa shape index (κ2) is 5.79. The number of benzene rings is 1. The lowest BCUT2D eigenvalue weighted by Gasteiger charge is -2.26. The standard InChI is InChI=1S/C16H13NO5/c1-16(15(21)22)7-6-12(13(8-16)14(19)20)10-2-4-11(5-3-10)17-9-18/h2-7H,8H2,1H3,(H,19,20)(H,21,22). The number of hydrogen-bond acceptors (Lipinski definition) is 4. The summed E-state index contributed by atoms with van der Waals surface area (Å²) in [6, 6.07) is 6.38. The van der Waals surface area contributed by atoms with Gasteiger partial charge in [-0.2, -0.15) is 4.99 Å². The molecule has 1 aliphatic rings. The van der Waals surface area contributed by atoms with Gasteiger partial charge in [0.2, 0.25) is 6.08 Å². The summed E-state index contributed by atoms with van der Waals surface area (Å²) in [7, 11) is 0. The van der Waals surface area contributed by atoms with Crippen molar-refractivity contribution < 1.29 is 24.6 Å². The zero-order valence-electron chi connectivity index (χ0n) is 11.7. The van der Waals surface area contributed by atoms with Gasteiger partial charge in [0.25, 0.3) is 0 Å². The van der Waals surface area contributed by atoms with Gasteiger partial charge in [0, 0.05) is 5.57 Å². The fourth-order valence-electron chi connectivity index (χ4n) is 2.27. The van der Waals surface area contributed by atoms with Crippen molar-refractivity contribution in [3.05, 3.63) is 47.6 Å². The molecular formula is C16H13NO5. The average Bonchev–Trinajstić information content (AvgIpc) is 2.48. The molecule has 0 aromatic heterocycles. The van der Waals surface area contributed by atoms with Crippen LogP contribution in [0.3, 0.4) is 0 Å². The Morgan fingerprint density at radius 3 is 2.36 bits per heavy atom. The van der Waals surface area contributed by atoms with Gasteiger partial charge in [0.1, 0.15) is 0 Å². The molecule has 1 aliphatic carbocycles. The summed E-state index contributed by atoms with van der Waals surface area (Å²) in [6.07, 6.45) is 4.33. The molecule has 0 spiro atoms. The van der Waals surface area contributed by atoms with E-state index < -0.39 is 17.4 Å². The lowest BCUT2D eigenvalue weighted by molar-refractivity contribution is -0.145. The molecule has 0 saturated carbocycles. The molecule has 6 nitrogen and oxygen atoms in total. The number of allylic oxidation sites excluding steroid dienone is 2. The first-order chi connectivity index (χ1) is 10.4. The number of hydrogen-bond donors (Lipinski definition) is 2. The first kappa shape index (κ1) is 15.4. The van der Waals surface area contributed by atoms with Crippen LogP contribution >= 0.6 is 0 Å². The van der Waals surface area contributed by atoms with Gasteiger partial charge in [-0.3, -0.25) is 4.79 Å². The van der Waals surface area contributed by atoms with Gasteiger partial charge >= 0.3 is 11.9 Å². The number of carbonyl (C=O) groups excluding carboxylic acids is 1. The molecule has 0 radical (unpaired) electrons. The summed E-state index contributed by atoms with van der Waals surface area (Å²) in [5.41, 5.74) is 0.281. The third-order valence-corrected chi connectivity index (χ3v) is 3.59. The van der Waals surface area contributed by atoms with E-state index in [1.165, 1.54) is 25.2 Å². The zero-order chi connectivity index (χ0) is 16.3. The summed E-state index contributed by atoms with van der Waals surface area (Å²) in [6.45, 7) is 1.48. The first-order valence-electron chi connectivity index (χ1n) is 6.45. The maximum absolute atomic E-state index is 11.5. The number of aliphatic carboxylic acids is 2. The number of aliphatic imine (C=N–C) groups is 1. The van der Waals surface area contributed by atoms with Gasteiger partial charge in [-0.1, -0.05) is 24.3 Å². The number of carboxylic acids is 2. The Morgan fingerprint density at radius 2 is 1.86 bits per heavy atom. The van der Waals surface area contributed by atoms with Crippen molar-refractivity contribution in [1.82, 2.24) is 0 Å². The summed E-state index contributed by atoms with van der Waals surface area (Å²) >= 11 is 0. The highest BCUT2D eigenvalue weighted by atomic mass is 16.4. The smallest absolute Gasteiger partial charge is 0.332 e. The summed E-state index contributed by atoms with van der Waals surface area (Å²) in [4.78, 5) is 36.4. The van der Waals surface area contributed by atoms with Crippen LogP contribution in [0.5, 0.6) is 0 Å². The molecular weight excluding hydrogens is 286 g/mol. The van der Waals surface area contributed by atoms with E-state index in [2.05, 4.69) is 4.99 Å². The number of carboxylic acid groups (broad SMARTS) is 2. The van der Waals surface area contributed by atoms with E-state index >= 15 is 0 Å². The van der Waals surface area contributed by atoms with Crippen molar-refractivity contribution in [2.45, 2.75) is 13.3 Å². The summed E-state index contributed by atoms with van der Waals surface area (Å²) < 4.78 is 0. The van der Waals surface area contributed by atoms with Gasteiger partial charge in [-0.05, 0) is 36.6 Å². The molecule has 112 valence electrons. The zero-order valence-corrected chi connectivity index (χ0v) is 11.7. The van der Waals surface area contributed by atoms with Crippen LogP contribution in [0, 0.1) is 5.41 Å². The van der Waals surface area contributed by atoms with E-state index in [1.54, 1.807) is 24.3 Å². The van der Waals surface area contributed by atoms with Gasteiger partial charge in [-0.25, -0.2) is 9.59 Å². The maximum Gasteiger partial charge on any atom is 0.332 e. The number of carbonyl (C=O) groups is 2. The molecule has 22 heavy (non-hydrogen) atoms. The first-order valence-corrected chi connectivity index (χ1v) is 6.45. The highest BCUT2D eigenvalue weighted by molar-refractivity contribution is 6.01. The maximum atomic E-state index is 11.5. The fourth-order valence-corrected chi connectivity index (χ4v) is 2.27. The predicted molar refractivity (Wildman–Crippen MR) is 78.3 cm³/mol. The van der Waals surface area contributed by atoms with Crippen LogP contribution in [-0.4, -0.2) is 28.2 Å². The van der Waals surface area contributed by atoms with E-state index in [0.29, 0.717) is 16.8 Å². The molecule has 0 fully saturated rings. The van der Waals surface area contributed by atoms with E-state index in [1.807, 2.05) is 0 Å². The SMILES string of the molecule is CC1(C(=O)O)C=CC(c2ccc(N=C=O)cc2)=C(C(=O)O)C1. The minimum Gasteiger partial charge on any atom is -0.481 e. The Morgan fingerprint density at radius 1 is 1.23 bits per heavy atom. The highest BCUT2D eigenvalue weighted by Gasteiger charge is 2.36. The van der Waals surface area contributed by atoms with Crippen molar-refractivity contribution in [2.75, 3.05) is 0 Å². The van der Waals surface area contributed by atoms with Crippen LogP contribution in [0.1, 0.15) is 18.9 Å². The van der Waals surface area contributed by atoms with Crippen molar-refractivity contribution in [3.8, 4) is 0 Å². The molecule has 1 aromatic carbocycles. The topological polar surface area (TPSA) is 104 Å². The number of rotatable bonds is 4. The molecule has 1 aromatic rings. The molecule has 0 bridgehead atoms. The summed E-state index contributed by atoms with van der Waals surface area (Å²) in [5, 5.41) is 18.6. The molecule has 0 heterocycles. The van der Waals surface area contributed by atoms with Crippen LogP contribution in [0.15, 0.2) is 47.0 Å². The van der Waals surface area contributed by atoms with Crippen molar-refractivity contribution in [3.63, 3.8) is 0 Å². The second-order valence-corrected chi connectivity index (χ2v) is 5.18. The third-order valence-electron chi connectivity index (χ3n) is 3.59. The van der Waals surface area contributed by atoms with Gasteiger partial charge in [0.15, 0.2) is 0 Å². The molecule has 0 aliphatic heterocycles. The Labute approximate surface area is 126 Å². The lowest BCUT2D eigenvalue weighted by atomic mass is 9.76. The van der Waals surface area contributed by atoms with E-state index in [0.717, 1.165) is 0 Å². The van der Waals surface area contributed by atoms with Crippen molar-refractivity contribution in [1.29, 1.82) is 0 Å². The van der Waals surface area contributed by atoms with Gasteiger partial charge in [0.05, 0.1) is 11.1 Å². The van der Waals surface area contributed by atoms with E-state index in [4.69, 9.17) is 0 Å². The second-order valence-electron chi connectivity index (χ2n) is 5.18. The Hall–Kier alpha value is -2.98. The van der Waals surface area contributed by atoms with E-state index in [9.17, 15) is 24.6 Å². The Kier molecular flexibility index (Phi) is 4.06. The van der Waals surface area contributed by atoms with Crippen LogP contribution in [0.2, 0.25) is 0 Å². The van der Waals surface area contributed by atoms with Gasteiger partial charge in [-0.15, -0.1) is 0 Å². The van der Waals surface area contributed by atoms with Crippen LogP contribution in [-0.2, 0) is 14.4 Å². The fraction of sp³-hybridized carbons (Fsp3) is 0.188.